The van der Waals surface area contributed by atoms with E-state index in [0.29, 0.717) is 17.8 Å². The third-order valence-electron chi connectivity index (χ3n) is 4.22. The lowest BCUT2D eigenvalue weighted by Gasteiger charge is -2.27. The molecule has 3 rings (SSSR count). The lowest BCUT2D eigenvalue weighted by molar-refractivity contribution is 0.0656. The molecule has 1 amide bonds. The number of rotatable bonds is 4. The Morgan fingerprint density at radius 1 is 1.42 bits per heavy atom. The van der Waals surface area contributed by atoms with Crippen LogP contribution in [0.1, 0.15) is 29.8 Å². The first-order valence-electron chi connectivity index (χ1n) is 7.95. The normalized spacial score (nSPS) is 20.1. The standard InChI is InChI=1S/C18H20FN3O2/c1-22-16(11-15(21-22)13-5-7-14(19)8-6-13)17(23)20-12-18(24)9-3-2-4-10-18/h3,5-9,11,24H,2,4,10,12H2,1H3,(H,20,23). The molecule has 126 valence electrons. The molecule has 1 aliphatic rings. The highest BCUT2D eigenvalue weighted by Crippen LogP contribution is 2.22. The summed E-state index contributed by atoms with van der Waals surface area (Å²) in [7, 11) is 1.68. The van der Waals surface area contributed by atoms with Crippen molar-refractivity contribution in [3.8, 4) is 11.3 Å². The highest BCUT2D eigenvalue weighted by Gasteiger charge is 2.26. The van der Waals surface area contributed by atoms with E-state index in [9.17, 15) is 14.3 Å². The van der Waals surface area contributed by atoms with Gasteiger partial charge in [-0.2, -0.15) is 5.10 Å². The highest BCUT2D eigenvalue weighted by atomic mass is 19.1. The van der Waals surface area contributed by atoms with Gasteiger partial charge in [0.05, 0.1) is 17.8 Å². The summed E-state index contributed by atoms with van der Waals surface area (Å²) in [6, 6.07) is 7.61. The monoisotopic (exact) mass is 329 g/mol. The summed E-state index contributed by atoms with van der Waals surface area (Å²) >= 11 is 0. The van der Waals surface area contributed by atoms with Crippen molar-refractivity contribution in [1.82, 2.24) is 15.1 Å². The van der Waals surface area contributed by atoms with Crippen LogP contribution in [0.3, 0.4) is 0 Å². The zero-order valence-electron chi connectivity index (χ0n) is 13.5. The molecule has 0 spiro atoms. The van der Waals surface area contributed by atoms with E-state index in [0.717, 1.165) is 18.4 Å². The van der Waals surface area contributed by atoms with Crippen molar-refractivity contribution >= 4 is 5.91 Å². The largest absolute Gasteiger partial charge is 0.384 e. The molecular formula is C18H20FN3O2. The summed E-state index contributed by atoms with van der Waals surface area (Å²) in [6.45, 7) is 0.166. The van der Waals surface area contributed by atoms with Gasteiger partial charge in [-0.1, -0.05) is 12.2 Å². The van der Waals surface area contributed by atoms with Gasteiger partial charge in [-0.25, -0.2) is 4.39 Å². The average molecular weight is 329 g/mol. The fourth-order valence-electron chi connectivity index (χ4n) is 2.82. The molecule has 1 aromatic carbocycles. The topological polar surface area (TPSA) is 67.2 Å². The lowest BCUT2D eigenvalue weighted by Crippen LogP contribution is -2.42. The number of nitrogens with zero attached hydrogens (tertiary/aromatic N) is 2. The van der Waals surface area contributed by atoms with Crippen LogP contribution in [0.25, 0.3) is 11.3 Å². The van der Waals surface area contributed by atoms with E-state index in [1.807, 2.05) is 6.08 Å². The third kappa shape index (κ3) is 3.54. The molecule has 2 N–H and O–H groups in total. The number of carbonyl (C=O) groups is 1. The van der Waals surface area contributed by atoms with E-state index in [-0.39, 0.29) is 18.3 Å². The van der Waals surface area contributed by atoms with Crippen LogP contribution in [0.2, 0.25) is 0 Å². The Bertz CT molecular complexity index is 767. The second kappa shape index (κ2) is 6.57. The Morgan fingerprint density at radius 3 is 2.83 bits per heavy atom. The minimum atomic E-state index is -0.980. The maximum atomic E-state index is 13.0. The first kappa shape index (κ1) is 16.4. The Labute approximate surface area is 139 Å². The number of allylic oxidation sites excluding steroid dienone is 1. The molecule has 1 heterocycles. The first-order chi connectivity index (χ1) is 11.5. The number of benzene rings is 1. The predicted molar refractivity (Wildman–Crippen MR) is 88.9 cm³/mol. The first-order valence-corrected chi connectivity index (χ1v) is 7.95. The molecule has 0 fully saturated rings. The predicted octanol–water partition coefficient (Wildman–Crippen LogP) is 2.43. The summed E-state index contributed by atoms with van der Waals surface area (Å²) in [6.07, 6.45) is 6.19. The molecule has 24 heavy (non-hydrogen) atoms. The van der Waals surface area contributed by atoms with Gasteiger partial charge in [-0.15, -0.1) is 0 Å². The van der Waals surface area contributed by atoms with E-state index in [1.54, 1.807) is 31.3 Å². The van der Waals surface area contributed by atoms with Crippen LogP contribution in [-0.2, 0) is 7.05 Å². The summed E-state index contributed by atoms with van der Waals surface area (Å²) in [5, 5.41) is 17.4. The van der Waals surface area contributed by atoms with E-state index in [1.165, 1.54) is 16.8 Å². The average Bonchev–Trinajstić information content (AvgIpc) is 2.96. The van der Waals surface area contributed by atoms with Gasteiger partial charge in [0.2, 0.25) is 0 Å². The van der Waals surface area contributed by atoms with Crippen molar-refractivity contribution in [3.05, 3.63) is 54.0 Å². The number of nitrogens with one attached hydrogen (secondary N) is 1. The maximum Gasteiger partial charge on any atom is 0.269 e. The third-order valence-corrected chi connectivity index (χ3v) is 4.22. The highest BCUT2D eigenvalue weighted by molar-refractivity contribution is 5.93. The van der Waals surface area contributed by atoms with Gasteiger partial charge < -0.3 is 10.4 Å². The number of amides is 1. The molecule has 0 saturated heterocycles. The fraction of sp³-hybridized carbons (Fsp3) is 0.333. The van der Waals surface area contributed by atoms with Crippen molar-refractivity contribution in [1.29, 1.82) is 0 Å². The van der Waals surface area contributed by atoms with Crippen LogP contribution in [0, 0.1) is 5.82 Å². The Kier molecular flexibility index (Phi) is 4.49. The van der Waals surface area contributed by atoms with Gasteiger partial charge in [-0.05, 0) is 49.6 Å². The molecule has 0 bridgehead atoms. The van der Waals surface area contributed by atoms with Crippen LogP contribution in [0.15, 0.2) is 42.5 Å². The molecule has 1 unspecified atom stereocenters. The van der Waals surface area contributed by atoms with E-state index in [4.69, 9.17) is 0 Å². The smallest absolute Gasteiger partial charge is 0.269 e. The molecule has 0 saturated carbocycles. The quantitative estimate of drug-likeness (QED) is 0.847. The van der Waals surface area contributed by atoms with Crippen molar-refractivity contribution in [3.63, 3.8) is 0 Å². The molecule has 0 aliphatic heterocycles. The lowest BCUT2D eigenvalue weighted by atomic mass is 9.91. The van der Waals surface area contributed by atoms with Gasteiger partial charge >= 0.3 is 0 Å². The number of halogens is 1. The van der Waals surface area contributed by atoms with Crippen molar-refractivity contribution in [2.45, 2.75) is 24.9 Å². The number of hydrogen-bond donors (Lipinski definition) is 2. The SMILES string of the molecule is Cn1nc(-c2ccc(F)cc2)cc1C(=O)NCC1(O)C=CCCC1. The number of aliphatic hydroxyl groups is 1. The summed E-state index contributed by atoms with van der Waals surface area (Å²) in [4.78, 5) is 12.4. The minimum absolute atomic E-state index is 0.166. The Morgan fingerprint density at radius 2 is 2.17 bits per heavy atom. The molecule has 5 nitrogen and oxygen atoms in total. The molecule has 2 aromatic rings. The van der Waals surface area contributed by atoms with Gasteiger partial charge in [-0.3, -0.25) is 9.48 Å². The van der Waals surface area contributed by atoms with Crippen LogP contribution in [-0.4, -0.2) is 32.9 Å². The molecule has 0 radical (unpaired) electrons. The Hall–Kier alpha value is -2.47. The van der Waals surface area contributed by atoms with Crippen molar-refractivity contribution in [2.75, 3.05) is 6.54 Å². The van der Waals surface area contributed by atoms with Crippen LogP contribution in [0.4, 0.5) is 4.39 Å². The summed E-state index contributed by atoms with van der Waals surface area (Å²) < 4.78 is 14.5. The minimum Gasteiger partial charge on any atom is -0.384 e. The van der Waals surface area contributed by atoms with Crippen molar-refractivity contribution < 1.29 is 14.3 Å². The van der Waals surface area contributed by atoms with Gasteiger partial charge in [0.25, 0.3) is 5.91 Å². The fourth-order valence-corrected chi connectivity index (χ4v) is 2.82. The zero-order valence-corrected chi connectivity index (χ0v) is 13.5. The molecule has 1 aromatic heterocycles. The Balaban J connectivity index is 1.72. The number of carbonyl (C=O) groups excluding carboxylic acids is 1. The van der Waals surface area contributed by atoms with Gasteiger partial charge in [0, 0.05) is 12.6 Å². The van der Waals surface area contributed by atoms with Crippen molar-refractivity contribution in [2.24, 2.45) is 7.05 Å². The summed E-state index contributed by atoms with van der Waals surface area (Å²) in [5.41, 5.74) is 0.739. The maximum absolute atomic E-state index is 13.0. The van der Waals surface area contributed by atoms with Gasteiger partial charge in [0.1, 0.15) is 11.5 Å². The molecule has 1 aliphatic carbocycles. The van der Waals surface area contributed by atoms with E-state index >= 15 is 0 Å². The zero-order chi connectivity index (χ0) is 17.2. The number of hydrogen-bond acceptors (Lipinski definition) is 3. The van der Waals surface area contributed by atoms with E-state index in [2.05, 4.69) is 10.4 Å². The second-order valence-electron chi connectivity index (χ2n) is 6.13. The molecule has 1 atom stereocenters. The number of aryl methyl sites for hydroxylation is 1. The number of aromatic nitrogens is 2. The van der Waals surface area contributed by atoms with E-state index < -0.39 is 5.60 Å². The van der Waals surface area contributed by atoms with Crippen LogP contribution in [0.5, 0.6) is 0 Å². The second-order valence-corrected chi connectivity index (χ2v) is 6.13. The van der Waals surface area contributed by atoms with Crippen LogP contribution >= 0.6 is 0 Å². The molecular weight excluding hydrogens is 309 g/mol. The summed E-state index contributed by atoms with van der Waals surface area (Å²) in [5.74, 6) is -0.618. The van der Waals surface area contributed by atoms with Crippen LogP contribution < -0.4 is 5.32 Å². The molecule has 6 heteroatoms. The van der Waals surface area contributed by atoms with Gasteiger partial charge in [0.15, 0.2) is 0 Å².